The van der Waals surface area contributed by atoms with Crippen molar-refractivity contribution in [2.24, 2.45) is 5.41 Å². The van der Waals surface area contributed by atoms with Crippen LogP contribution in [0.1, 0.15) is 75.6 Å². The smallest absolute Gasteiger partial charge is 0.261 e. The third kappa shape index (κ3) is 4.39. The molecule has 1 atom stereocenters. The van der Waals surface area contributed by atoms with E-state index in [0.717, 1.165) is 16.9 Å². The quantitative estimate of drug-likeness (QED) is 0.612. The molecule has 160 valence electrons. The van der Waals surface area contributed by atoms with E-state index in [1.54, 1.807) is 11.3 Å². The molecule has 1 aliphatic rings. The van der Waals surface area contributed by atoms with Gasteiger partial charge < -0.3 is 10.3 Å². The Bertz CT molecular complexity index is 1170. The number of pyridine rings is 1. The van der Waals surface area contributed by atoms with Crippen LogP contribution in [0.25, 0.3) is 0 Å². The normalized spacial score (nSPS) is 15.9. The van der Waals surface area contributed by atoms with E-state index in [-0.39, 0.29) is 22.8 Å². The van der Waals surface area contributed by atoms with Crippen LogP contribution in [0.2, 0.25) is 0 Å². The van der Waals surface area contributed by atoms with Crippen LogP contribution in [0.15, 0.2) is 52.6 Å². The van der Waals surface area contributed by atoms with Crippen molar-refractivity contribution in [2.75, 3.05) is 0 Å². The Morgan fingerprint density at radius 2 is 1.90 bits per heavy atom. The van der Waals surface area contributed by atoms with Crippen molar-refractivity contribution in [3.05, 3.63) is 91.0 Å². The first-order chi connectivity index (χ1) is 14.8. The Morgan fingerprint density at radius 3 is 2.55 bits per heavy atom. The summed E-state index contributed by atoms with van der Waals surface area (Å²) in [5, 5.41) is 4.97. The molecule has 2 heterocycles. The van der Waals surface area contributed by atoms with Gasteiger partial charge in [0.2, 0.25) is 0 Å². The number of amides is 1. The van der Waals surface area contributed by atoms with Crippen molar-refractivity contribution in [3.63, 3.8) is 0 Å². The fourth-order valence-corrected chi connectivity index (χ4v) is 4.93. The minimum absolute atomic E-state index is 0.0291. The fraction of sp³-hybridized carbons (Fsp3) is 0.320. The van der Waals surface area contributed by atoms with E-state index in [1.165, 1.54) is 11.6 Å². The summed E-state index contributed by atoms with van der Waals surface area (Å²) in [4.78, 5) is 42.3. The first-order valence-corrected chi connectivity index (χ1v) is 11.4. The molecule has 0 aliphatic heterocycles. The van der Waals surface area contributed by atoms with Crippen LogP contribution in [0.5, 0.6) is 0 Å². The second-order valence-corrected chi connectivity index (χ2v) is 9.84. The third-order valence-electron chi connectivity index (χ3n) is 5.79. The zero-order valence-electron chi connectivity index (χ0n) is 18.0. The van der Waals surface area contributed by atoms with Crippen LogP contribution >= 0.6 is 11.3 Å². The number of hydrogen-bond acceptors (Lipinski definition) is 4. The number of Topliss-reactive ketones (excluding diaryl/α,β-unsaturated/α-hetero) is 1. The number of aromatic amines is 1. The molecule has 3 aromatic rings. The lowest BCUT2D eigenvalue weighted by Crippen LogP contribution is -2.36. The van der Waals surface area contributed by atoms with Crippen LogP contribution in [0.4, 0.5) is 0 Å². The summed E-state index contributed by atoms with van der Waals surface area (Å²) in [5.41, 5.74) is 2.53. The van der Waals surface area contributed by atoms with Gasteiger partial charge in [0.15, 0.2) is 5.78 Å². The topological polar surface area (TPSA) is 79.0 Å². The molecule has 1 aromatic carbocycles. The molecule has 0 fully saturated rings. The first kappa shape index (κ1) is 21.2. The highest BCUT2D eigenvalue weighted by atomic mass is 32.1. The summed E-state index contributed by atoms with van der Waals surface area (Å²) in [5.74, 6) is -0.527. The number of aromatic nitrogens is 1. The Balaban J connectivity index is 1.67. The lowest BCUT2D eigenvalue weighted by Gasteiger charge is -2.29. The second-order valence-electron chi connectivity index (χ2n) is 8.86. The fourth-order valence-electron chi connectivity index (χ4n) is 4.13. The van der Waals surface area contributed by atoms with E-state index in [2.05, 4.69) is 17.2 Å². The van der Waals surface area contributed by atoms with Crippen molar-refractivity contribution in [3.8, 4) is 0 Å². The van der Waals surface area contributed by atoms with E-state index in [9.17, 15) is 14.4 Å². The van der Waals surface area contributed by atoms with Crippen LogP contribution in [0.3, 0.4) is 0 Å². The zero-order chi connectivity index (χ0) is 22.2. The highest BCUT2D eigenvalue weighted by Crippen LogP contribution is 2.33. The van der Waals surface area contributed by atoms with Gasteiger partial charge in [0, 0.05) is 22.6 Å². The molecule has 6 heteroatoms. The average molecular weight is 435 g/mol. The van der Waals surface area contributed by atoms with E-state index >= 15 is 0 Å². The maximum atomic E-state index is 13.1. The lowest BCUT2D eigenvalue weighted by molar-refractivity contribution is 0.0910. The Kier molecular flexibility index (Phi) is 5.67. The minimum Gasteiger partial charge on any atom is -0.340 e. The summed E-state index contributed by atoms with van der Waals surface area (Å²) < 4.78 is 0. The van der Waals surface area contributed by atoms with Gasteiger partial charge in [-0.25, -0.2) is 0 Å². The predicted molar refractivity (Wildman–Crippen MR) is 123 cm³/mol. The molecule has 31 heavy (non-hydrogen) atoms. The molecule has 4 rings (SSSR count). The van der Waals surface area contributed by atoms with Gasteiger partial charge in [0.1, 0.15) is 5.56 Å². The number of nitrogens with one attached hydrogen (secondary N) is 2. The number of carbonyl (C=O) groups excluding carboxylic acids is 2. The molecule has 0 spiro atoms. The van der Waals surface area contributed by atoms with Crippen LogP contribution < -0.4 is 10.9 Å². The molecular formula is C25H26N2O3S. The molecule has 0 bridgehead atoms. The molecule has 2 aromatic heterocycles. The largest absolute Gasteiger partial charge is 0.340 e. The maximum absolute atomic E-state index is 13.1. The minimum atomic E-state index is -0.486. The standard InChI is InChI=1S/C25H26N2O3S/c1-4-15-7-9-16(10-8-15)22(21-6-5-11-31-21)27-24(30)18-12-17-19(26-23(18)29)13-25(2,3)14-20(17)28/h5-12,22H,4,13-14H2,1-3H3,(H,26,29)(H,27,30). The van der Waals surface area contributed by atoms with E-state index < -0.39 is 11.5 Å². The Labute approximate surface area is 185 Å². The number of H-pyrrole nitrogens is 1. The zero-order valence-corrected chi connectivity index (χ0v) is 18.8. The third-order valence-corrected chi connectivity index (χ3v) is 6.72. The van der Waals surface area contributed by atoms with E-state index in [0.29, 0.717) is 24.1 Å². The molecule has 0 saturated heterocycles. The highest BCUT2D eigenvalue weighted by molar-refractivity contribution is 7.10. The number of benzene rings is 1. The molecule has 5 nitrogen and oxygen atoms in total. The van der Waals surface area contributed by atoms with Crippen molar-refractivity contribution in [1.29, 1.82) is 0 Å². The number of hydrogen-bond donors (Lipinski definition) is 2. The maximum Gasteiger partial charge on any atom is 0.261 e. The summed E-state index contributed by atoms with van der Waals surface area (Å²) in [6.45, 7) is 6.10. The predicted octanol–water partition coefficient (Wildman–Crippen LogP) is 4.67. The van der Waals surface area contributed by atoms with Gasteiger partial charge in [-0.2, -0.15) is 0 Å². The number of thiophene rings is 1. The van der Waals surface area contributed by atoms with Crippen molar-refractivity contribution >= 4 is 23.0 Å². The van der Waals surface area contributed by atoms with Crippen LogP contribution in [0, 0.1) is 5.41 Å². The highest BCUT2D eigenvalue weighted by Gasteiger charge is 2.33. The summed E-state index contributed by atoms with van der Waals surface area (Å²) in [6, 6.07) is 13.1. The number of fused-ring (bicyclic) bond motifs is 1. The molecule has 1 amide bonds. The molecule has 1 aliphatic carbocycles. The van der Waals surface area contributed by atoms with E-state index in [4.69, 9.17) is 0 Å². The number of ketones is 1. The van der Waals surface area contributed by atoms with Gasteiger partial charge in [0.05, 0.1) is 6.04 Å². The average Bonchev–Trinajstić information content (AvgIpc) is 3.25. The van der Waals surface area contributed by atoms with Gasteiger partial charge in [-0.15, -0.1) is 11.3 Å². The van der Waals surface area contributed by atoms with Crippen molar-refractivity contribution < 1.29 is 9.59 Å². The Hall–Kier alpha value is -2.99. The SMILES string of the molecule is CCc1ccc(C(NC(=O)c2cc3c([nH]c2=O)CC(C)(C)CC3=O)c2cccs2)cc1. The summed E-state index contributed by atoms with van der Waals surface area (Å²) in [6.07, 6.45) is 1.94. The lowest BCUT2D eigenvalue weighted by atomic mass is 9.75. The molecule has 2 N–H and O–H groups in total. The number of carbonyl (C=O) groups is 2. The summed E-state index contributed by atoms with van der Waals surface area (Å²) >= 11 is 1.55. The van der Waals surface area contributed by atoms with Crippen molar-refractivity contribution in [1.82, 2.24) is 10.3 Å². The second kappa shape index (κ2) is 8.27. The molecule has 1 unspecified atom stereocenters. The van der Waals surface area contributed by atoms with Crippen LogP contribution in [-0.2, 0) is 12.8 Å². The Morgan fingerprint density at radius 1 is 1.16 bits per heavy atom. The van der Waals surface area contributed by atoms with Crippen molar-refractivity contribution in [2.45, 2.75) is 46.1 Å². The molecule has 0 saturated carbocycles. The van der Waals surface area contributed by atoms with E-state index in [1.807, 2.05) is 55.6 Å². The van der Waals surface area contributed by atoms with Gasteiger partial charge in [-0.05, 0) is 46.9 Å². The molecular weight excluding hydrogens is 408 g/mol. The van der Waals surface area contributed by atoms with Gasteiger partial charge in [0.25, 0.3) is 11.5 Å². The van der Waals surface area contributed by atoms with Gasteiger partial charge in [-0.1, -0.05) is 51.1 Å². The monoisotopic (exact) mass is 434 g/mol. The molecule has 0 radical (unpaired) electrons. The number of rotatable bonds is 5. The first-order valence-electron chi connectivity index (χ1n) is 10.5. The summed E-state index contributed by atoms with van der Waals surface area (Å²) in [7, 11) is 0. The van der Waals surface area contributed by atoms with Gasteiger partial charge >= 0.3 is 0 Å². The number of aryl methyl sites for hydroxylation is 1. The van der Waals surface area contributed by atoms with Crippen LogP contribution in [-0.4, -0.2) is 16.7 Å². The van der Waals surface area contributed by atoms with Gasteiger partial charge in [-0.3, -0.25) is 14.4 Å².